The smallest absolute Gasteiger partial charge is 0.142 e. The van der Waals surface area contributed by atoms with Crippen molar-refractivity contribution in [3.8, 4) is 0 Å². The molecule has 0 rings (SSSR count). The van der Waals surface area contributed by atoms with Crippen LogP contribution in [-0.2, 0) is 4.79 Å². The van der Waals surface area contributed by atoms with Gasteiger partial charge in [0.2, 0.25) is 0 Å². The molecule has 1 unspecified atom stereocenters. The van der Waals surface area contributed by atoms with Crippen LogP contribution in [-0.4, -0.2) is 17.5 Å². The van der Waals surface area contributed by atoms with E-state index in [-0.39, 0.29) is 0 Å². The first-order valence-electron chi connectivity index (χ1n) is 3.22. The fourth-order valence-electron chi connectivity index (χ4n) is 0.528. The van der Waals surface area contributed by atoms with Gasteiger partial charge in [0.25, 0.3) is 0 Å². The third kappa shape index (κ3) is 5.25. The molecule has 0 saturated heterocycles. The number of aliphatic hydroxyl groups excluding tert-OH is 1. The molecule has 0 fully saturated rings. The molecule has 0 bridgehead atoms. The van der Waals surface area contributed by atoms with Gasteiger partial charge in [-0.2, -0.15) is 0 Å². The molecule has 0 spiro atoms. The maximum absolute atomic E-state index is 9.77. The molecule has 0 aromatic heterocycles. The highest BCUT2D eigenvalue weighted by Crippen LogP contribution is 1.93. The second kappa shape index (κ2) is 6.23. The van der Waals surface area contributed by atoms with Gasteiger partial charge in [0, 0.05) is 0 Å². The van der Waals surface area contributed by atoms with Crippen LogP contribution in [0.25, 0.3) is 0 Å². The molecule has 1 N–H and O–H groups in total. The molecule has 2 nitrogen and oxygen atoms in total. The van der Waals surface area contributed by atoms with Crippen LogP contribution in [0, 0.1) is 0 Å². The normalized spacial score (nSPS) is 14.6. The number of hydrogen-bond donors (Lipinski definition) is 1. The van der Waals surface area contributed by atoms with Gasteiger partial charge in [0.1, 0.15) is 6.29 Å². The van der Waals surface area contributed by atoms with Crippen LogP contribution in [0.1, 0.15) is 13.3 Å². The third-order valence-electron chi connectivity index (χ3n) is 1.03. The number of aldehydes is 1. The van der Waals surface area contributed by atoms with Crippen LogP contribution in [0.4, 0.5) is 0 Å². The van der Waals surface area contributed by atoms with Crippen molar-refractivity contribution in [1.82, 2.24) is 0 Å². The molecule has 2 heteroatoms. The van der Waals surface area contributed by atoms with E-state index < -0.39 is 6.10 Å². The molecule has 0 heterocycles. The Kier molecular flexibility index (Phi) is 5.68. The highest BCUT2D eigenvalue weighted by Gasteiger charge is 1.91. The summed E-state index contributed by atoms with van der Waals surface area (Å²) >= 11 is 0. The van der Waals surface area contributed by atoms with Crippen molar-refractivity contribution < 1.29 is 9.90 Å². The quantitative estimate of drug-likeness (QED) is 0.360. The molecular formula is C8H12O2. The Morgan fingerprint density at radius 1 is 1.60 bits per heavy atom. The van der Waals surface area contributed by atoms with Crippen molar-refractivity contribution in [3.05, 3.63) is 24.3 Å². The molecule has 1 atom stereocenters. The van der Waals surface area contributed by atoms with Gasteiger partial charge < -0.3 is 5.11 Å². The van der Waals surface area contributed by atoms with E-state index in [0.717, 1.165) is 0 Å². The largest absolute Gasteiger partial charge is 0.389 e. The minimum atomic E-state index is -0.526. The highest BCUT2D eigenvalue weighted by molar-refractivity contribution is 5.64. The Morgan fingerprint density at radius 3 is 2.80 bits per heavy atom. The molecule has 0 saturated carbocycles. The Hall–Kier alpha value is -0.890. The molecule has 10 heavy (non-hydrogen) atoms. The average Bonchev–Trinajstić information content (AvgIpc) is 1.97. The summed E-state index contributed by atoms with van der Waals surface area (Å²) in [4.78, 5) is 9.77. The maximum Gasteiger partial charge on any atom is 0.142 e. The first-order valence-corrected chi connectivity index (χ1v) is 3.22. The Bertz CT molecular complexity index is 136. The summed E-state index contributed by atoms with van der Waals surface area (Å²) in [6.07, 6.45) is 7.17. The molecule has 0 aliphatic rings. The highest BCUT2D eigenvalue weighted by atomic mass is 16.3. The van der Waals surface area contributed by atoms with Crippen molar-refractivity contribution in [1.29, 1.82) is 0 Å². The predicted molar refractivity (Wildman–Crippen MR) is 40.6 cm³/mol. The van der Waals surface area contributed by atoms with Gasteiger partial charge >= 0.3 is 0 Å². The summed E-state index contributed by atoms with van der Waals surface area (Å²) in [6.45, 7) is 1.89. The number of allylic oxidation sites excluding steroid dienone is 2. The lowest BCUT2D eigenvalue weighted by molar-refractivity contribution is -0.104. The predicted octanol–water partition coefficient (Wildman–Crippen LogP) is 1.07. The molecule has 0 amide bonds. The van der Waals surface area contributed by atoms with Gasteiger partial charge in [-0.1, -0.05) is 18.2 Å². The zero-order chi connectivity index (χ0) is 7.82. The van der Waals surface area contributed by atoms with Gasteiger partial charge in [0.05, 0.1) is 6.10 Å². The summed E-state index contributed by atoms with van der Waals surface area (Å²) < 4.78 is 0. The van der Waals surface area contributed by atoms with Gasteiger partial charge in [-0.05, 0) is 19.4 Å². The first kappa shape index (κ1) is 9.11. The standard InChI is InChI=1S/C8H12O2/c1-2-3-5-8(10)6-4-7-9/h2-4,6-8,10H,5H2,1H3/b3-2+,6-4+. The van der Waals surface area contributed by atoms with Crippen LogP contribution >= 0.6 is 0 Å². The van der Waals surface area contributed by atoms with E-state index in [2.05, 4.69) is 0 Å². The molecule has 0 aliphatic carbocycles. The summed E-state index contributed by atoms with van der Waals surface area (Å²) in [6, 6.07) is 0. The van der Waals surface area contributed by atoms with Gasteiger partial charge in [-0.25, -0.2) is 0 Å². The van der Waals surface area contributed by atoms with Crippen molar-refractivity contribution in [2.45, 2.75) is 19.4 Å². The van der Waals surface area contributed by atoms with E-state index in [1.807, 2.05) is 19.1 Å². The molecular weight excluding hydrogens is 128 g/mol. The van der Waals surface area contributed by atoms with Gasteiger partial charge in [-0.3, -0.25) is 4.79 Å². The second-order valence-electron chi connectivity index (χ2n) is 1.89. The lowest BCUT2D eigenvalue weighted by Gasteiger charge is -1.97. The lowest BCUT2D eigenvalue weighted by atomic mass is 10.2. The SMILES string of the molecule is C/C=C/CC(O)/C=C/C=O. The van der Waals surface area contributed by atoms with E-state index in [9.17, 15) is 4.79 Å². The molecule has 0 aromatic rings. The number of hydrogen-bond acceptors (Lipinski definition) is 2. The van der Waals surface area contributed by atoms with Crippen LogP contribution in [0.5, 0.6) is 0 Å². The minimum absolute atomic E-state index is 0.526. The van der Waals surface area contributed by atoms with E-state index in [1.165, 1.54) is 12.2 Å². The van der Waals surface area contributed by atoms with Crippen molar-refractivity contribution >= 4 is 6.29 Å². The fraction of sp³-hybridized carbons (Fsp3) is 0.375. The topological polar surface area (TPSA) is 37.3 Å². The summed E-state index contributed by atoms with van der Waals surface area (Å²) in [5, 5.41) is 9.01. The number of rotatable bonds is 4. The number of aliphatic hydroxyl groups is 1. The van der Waals surface area contributed by atoms with Gasteiger partial charge in [0.15, 0.2) is 0 Å². The van der Waals surface area contributed by atoms with Crippen molar-refractivity contribution in [3.63, 3.8) is 0 Å². The van der Waals surface area contributed by atoms with Crippen LogP contribution in [0.2, 0.25) is 0 Å². The summed E-state index contributed by atoms with van der Waals surface area (Å²) in [5.74, 6) is 0. The van der Waals surface area contributed by atoms with Crippen LogP contribution in [0.3, 0.4) is 0 Å². The Balaban J connectivity index is 3.51. The van der Waals surface area contributed by atoms with Crippen molar-refractivity contribution in [2.24, 2.45) is 0 Å². The van der Waals surface area contributed by atoms with Crippen LogP contribution < -0.4 is 0 Å². The van der Waals surface area contributed by atoms with Crippen LogP contribution in [0.15, 0.2) is 24.3 Å². The summed E-state index contributed by atoms with van der Waals surface area (Å²) in [7, 11) is 0. The average molecular weight is 140 g/mol. The molecule has 56 valence electrons. The first-order chi connectivity index (χ1) is 4.81. The number of carbonyl (C=O) groups is 1. The molecule has 0 radical (unpaired) electrons. The van der Waals surface area contributed by atoms with Crippen molar-refractivity contribution in [2.75, 3.05) is 0 Å². The second-order valence-corrected chi connectivity index (χ2v) is 1.89. The third-order valence-corrected chi connectivity index (χ3v) is 1.03. The molecule has 0 aliphatic heterocycles. The minimum Gasteiger partial charge on any atom is -0.389 e. The van der Waals surface area contributed by atoms with E-state index >= 15 is 0 Å². The number of carbonyl (C=O) groups excluding carboxylic acids is 1. The van der Waals surface area contributed by atoms with E-state index in [1.54, 1.807) is 0 Å². The Labute approximate surface area is 60.9 Å². The lowest BCUT2D eigenvalue weighted by Crippen LogP contribution is -1.98. The monoisotopic (exact) mass is 140 g/mol. The molecule has 0 aromatic carbocycles. The zero-order valence-corrected chi connectivity index (χ0v) is 6.03. The van der Waals surface area contributed by atoms with E-state index in [4.69, 9.17) is 5.11 Å². The fourth-order valence-corrected chi connectivity index (χ4v) is 0.528. The zero-order valence-electron chi connectivity index (χ0n) is 6.03. The van der Waals surface area contributed by atoms with Gasteiger partial charge in [-0.15, -0.1) is 0 Å². The Morgan fingerprint density at radius 2 is 2.30 bits per heavy atom. The van der Waals surface area contributed by atoms with E-state index in [0.29, 0.717) is 12.7 Å². The maximum atomic E-state index is 9.77. The summed E-state index contributed by atoms with van der Waals surface area (Å²) in [5.41, 5.74) is 0.